The Balaban J connectivity index is 1.69. The van der Waals surface area contributed by atoms with Gasteiger partial charge in [-0.1, -0.05) is 30.3 Å². The fraction of sp³-hybridized carbons (Fsp3) is 0.444. The van der Waals surface area contributed by atoms with Crippen molar-refractivity contribution in [3.63, 3.8) is 0 Å². The van der Waals surface area contributed by atoms with E-state index in [1.165, 1.54) is 17.4 Å². The number of likely N-dealkylation sites (tertiary alicyclic amines) is 1. The molecule has 25 heavy (non-hydrogen) atoms. The summed E-state index contributed by atoms with van der Waals surface area (Å²) in [7, 11) is 0. The van der Waals surface area contributed by atoms with Gasteiger partial charge in [0.1, 0.15) is 11.5 Å². The molecule has 2 aromatic rings. The van der Waals surface area contributed by atoms with E-state index in [0.717, 1.165) is 31.6 Å². The van der Waals surface area contributed by atoms with Gasteiger partial charge in [-0.2, -0.15) is 0 Å². The topological polar surface area (TPSA) is 96.2 Å². The van der Waals surface area contributed by atoms with E-state index in [9.17, 15) is 9.59 Å². The zero-order valence-corrected chi connectivity index (χ0v) is 14.3. The first-order chi connectivity index (χ1) is 12.1. The van der Waals surface area contributed by atoms with Gasteiger partial charge in [0, 0.05) is 6.54 Å². The Morgan fingerprint density at radius 2 is 1.84 bits per heavy atom. The summed E-state index contributed by atoms with van der Waals surface area (Å²) >= 11 is 0. The van der Waals surface area contributed by atoms with E-state index in [1.54, 1.807) is 0 Å². The van der Waals surface area contributed by atoms with Crippen molar-refractivity contribution in [2.75, 3.05) is 37.2 Å². The van der Waals surface area contributed by atoms with Crippen LogP contribution in [0, 0.1) is 0 Å². The number of aromatic amines is 1. The molecule has 0 unspecified atom stereocenters. The number of benzene rings is 1. The standard InChI is InChI=1S/C18H25N5O2/c19-16-15(20-9-6-12-22-10-4-5-11-22)17(24)21-18(25)23(16)13-14-7-2-1-3-8-14/h1-3,7-8,20H,4-6,9-13,19H2,(H,21,24,25). The molecular formula is C18H25N5O2. The van der Waals surface area contributed by atoms with Crippen molar-refractivity contribution < 1.29 is 0 Å². The van der Waals surface area contributed by atoms with Crippen molar-refractivity contribution in [3.8, 4) is 0 Å². The van der Waals surface area contributed by atoms with Gasteiger partial charge in [-0.15, -0.1) is 0 Å². The lowest BCUT2D eigenvalue weighted by molar-refractivity contribution is 0.337. The highest BCUT2D eigenvalue weighted by atomic mass is 16.2. The molecule has 0 saturated carbocycles. The van der Waals surface area contributed by atoms with Gasteiger partial charge in [0.25, 0.3) is 5.56 Å². The largest absolute Gasteiger partial charge is 0.383 e. The maximum absolute atomic E-state index is 12.1. The van der Waals surface area contributed by atoms with Crippen LogP contribution < -0.4 is 22.3 Å². The lowest BCUT2D eigenvalue weighted by Crippen LogP contribution is -2.34. The summed E-state index contributed by atoms with van der Waals surface area (Å²) in [5, 5.41) is 3.10. The summed E-state index contributed by atoms with van der Waals surface area (Å²) in [5.41, 5.74) is 6.37. The number of nitrogen functional groups attached to an aromatic ring is 1. The zero-order valence-electron chi connectivity index (χ0n) is 14.3. The molecule has 2 heterocycles. The molecule has 7 heteroatoms. The predicted molar refractivity (Wildman–Crippen MR) is 100 cm³/mol. The molecule has 134 valence electrons. The SMILES string of the molecule is Nc1c(NCCCN2CCCC2)c(=O)[nH]c(=O)n1Cc1ccccc1. The molecule has 7 nitrogen and oxygen atoms in total. The van der Waals surface area contributed by atoms with Crippen LogP contribution in [0.5, 0.6) is 0 Å². The monoisotopic (exact) mass is 343 g/mol. The fourth-order valence-corrected chi connectivity index (χ4v) is 3.20. The van der Waals surface area contributed by atoms with Crippen molar-refractivity contribution in [2.24, 2.45) is 0 Å². The lowest BCUT2D eigenvalue weighted by Gasteiger charge is -2.16. The van der Waals surface area contributed by atoms with Crippen LogP contribution >= 0.6 is 0 Å². The third-order valence-corrected chi connectivity index (χ3v) is 4.57. The molecule has 0 bridgehead atoms. The van der Waals surface area contributed by atoms with Gasteiger partial charge in [0.2, 0.25) is 0 Å². The number of nitrogens with one attached hydrogen (secondary N) is 2. The third kappa shape index (κ3) is 4.30. The van der Waals surface area contributed by atoms with E-state index in [2.05, 4.69) is 15.2 Å². The second kappa shape index (κ2) is 8.02. The highest BCUT2D eigenvalue weighted by Crippen LogP contribution is 2.13. The minimum atomic E-state index is -0.492. The Kier molecular flexibility index (Phi) is 5.55. The first-order valence-corrected chi connectivity index (χ1v) is 8.78. The molecule has 1 saturated heterocycles. The summed E-state index contributed by atoms with van der Waals surface area (Å²) in [6, 6.07) is 9.55. The molecule has 0 spiro atoms. The first-order valence-electron chi connectivity index (χ1n) is 8.78. The molecule has 1 fully saturated rings. The molecule has 1 aromatic heterocycles. The molecule has 0 atom stereocenters. The summed E-state index contributed by atoms with van der Waals surface area (Å²) in [4.78, 5) is 29.0. The van der Waals surface area contributed by atoms with E-state index < -0.39 is 11.2 Å². The van der Waals surface area contributed by atoms with Crippen molar-refractivity contribution in [2.45, 2.75) is 25.8 Å². The van der Waals surface area contributed by atoms with Crippen molar-refractivity contribution >= 4 is 11.5 Å². The zero-order chi connectivity index (χ0) is 17.6. The van der Waals surface area contributed by atoms with Crippen molar-refractivity contribution in [3.05, 3.63) is 56.7 Å². The van der Waals surface area contributed by atoms with Crippen LogP contribution in [-0.4, -0.2) is 40.6 Å². The summed E-state index contributed by atoms with van der Waals surface area (Å²) in [6.07, 6.45) is 3.46. The normalized spacial score (nSPS) is 14.7. The van der Waals surface area contributed by atoms with Gasteiger partial charge in [-0.25, -0.2) is 4.79 Å². The molecule has 4 N–H and O–H groups in total. The maximum atomic E-state index is 12.1. The third-order valence-electron chi connectivity index (χ3n) is 4.57. The van der Waals surface area contributed by atoms with Gasteiger partial charge >= 0.3 is 5.69 Å². The Hall–Kier alpha value is -2.54. The van der Waals surface area contributed by atoms with Gasteiger partial charge in [-0.05, 0) is 44.5 Å². The fourth-order valence-electron chi connectivity index (χ4n) is 3.20. The average Bonchev–Trinajstić information content (AvgIpc) is 3.12. The number of anilines is 2. The molecular weight excluding hydrogens is 318 g/mol. The van der Waals surface area contributed by atoms with Gasteiger partial charge in [-0.3, -0.25) is 14.3 Å². The van der Waals surface area contributed by atoms with E-state index in [0.29, 0.717) is 13.1 Å². The van der Waals surface area contributed by atoms with Gasteiger partial charge in [0.15, 0.2) is 0 Å². The number of nitrogens with two attached hydrogens (primary N) is 1. The van der Waals surface area contributed by atoms with Crippen molar-refractivity contribution in [1.29, 1.82) is 0 Å². The molecule has 1 aromatic carbocycles. The van der Waals surface area contributed by atoms with Crippen LogP contribution in [0.1, 0.15) is 24.8 Å². The second-order valence-electron chi connectivity index (χ2n) is 6.42. The molecule has 0 amide bonds. The van der Waals surface area contributed by atoms with E-state index in [-0.39, 0.29) is 11.5 Å². The Morgan fingerprint density at radius 1 is 1.12 bits per heavy atom. The average molecular weight is 343 g/mol. The maximum Gasteiger partial charge on any atom is 0.330 e. The van der Waals surface area contributed by atoms with E-state index in [4.69, 9.17) is 5.73 Å². The van der Waals surface area contributed by atoms with Crippen LogP contribution in [0.15, 0.2) is 39.9 Å². The Labute approximate surface area is 146 Å². The van der Waals surface area contributed by atoms with Crippen molar-refractivity contribution in [1.82, 2.24) is 14.5 Å². The number of nitrogens with zero attached hydrogens (tertiary/aromatic N) is 2. The highest BCUT2D eigenvalue weighted by Gasteiger charge is 2.13. The summed E-state index contributed by atoms with van der Waals surface area (Å²) in [6.45, 7) is 4.29. The smallest absolute Gasteiger partial charge is 0.330 e. The number of hydrogen-bond donors (Lipinski definition) is 3. The summed E-state index contributed by atoms with van der Waals surface area (Å²) < 4.78 is 1.39. The summed E-state index contributed by atoms with van der Waals surface area (Å²) in [5.74, 6) is 0.179. The number of rotatable bonds is 7. The second-order valence-corrected chi connectivity index (χ2v) is 6.42. The number of hydrogen-bond acceptors (Lipinski definition) is 5. The van der Waals surface area contributed by atoms with Crippen LogP contribution in [0.3, 0.4) is 0 Å². The quantitative estimate of drug-likeness (QED) is 0.654. The number of aromatic nitrogens is 2. The molecule has 3 rings (SSSR count). The molecule has 0 aliphatic carbocycles. The van der Waals surface area contributed by atoms with Crippen LogP contribution in [-0.2, 0) is 6.54 Å². The molecule has 1 aliphatic rings. The Morgan fingerprint density at radius 3 is 2.56 bits per heavy atom. The Bertz CT molecular complexity index is 806. The predicted octanol–water partition coefficient (Wildman–Crippen LogP) is 1.06. The van der Waals surface area contributed by atoms with Gasteiger partial charge in [0.05, 0.1) is 6.54 Å². The lowest BCUT2D eigenvalue weighted by atomic mass is 10.2. The minimum Gasteiger partial charge on any atom is -0.383 e. The van der Waals surface area contributed by atoms with E-state index in [1.807, 2.05) is 30.3 Å². The van der Waals surface area contributed by atoms with E-state index >= 15 is 0 Å². The van der Waals surface area contributed by atoms with Crippen LogP contribution in [0.4, 0.5) is 11.5 Å². The molecule has 0 radical (unpaired) electrons. The number of H-pyrrole nitrogens is 1. The molecule has 1 aliphatic heterocycles. The van der Waals surface area contributed by atoms with Gasteiger partial charge < -0.3 is 16.0 Å². The van der Waals surface area contributed by atoms with Crippen LogP contribution in [0.25, 0.3) is 0 Å². The minimum absolute atomic E-state index is 0.179. The first kappa shape index (κ1) is 17.3. The van der Waals surface area contributed by atoms with Crippen LogP contribution in [0.2, 0.25) is 0 Å². The highest BCUT2D eigenvalue weighted by molar-refractivity contribution is 5.60.